The molecule has 0 saturated heterocycles. The van der Waals surface area contributed by atoms with Crippen molar-refractivity contribution in [2.24, 2.45) is 5.92 Å². The van der Waals surface area contributed by atoms with Crippen molar-refractivity contribution in [1.82, 2.24) is 5.32 Å². The minimum atomic E-state index is -1.28. The Morgan fingerprint density at radius 2 is 1.58 bits per heavy atom. The fraction of sp³-hybridized carbons (Fsp3) is 0.562. The molecule has 2 nitrogen and oxygen atoms in total. The lowest BCUT2D eigenvalue weighted by atomic mass is 10.0. The average Bonchev–Trinajstić information content (AvgIpc) is 2.36. The Morgan fingerprint density at radius 1 is 1.05 bits per heavy atom. The van der Waals surface area contributed by atoms with Gasteiger partial charge in [-0.15, -0.1) is 0 Å². The van der Waals surface area contributed by atoms with Crippen LogP contribution in [0.25, 0.3) is 0 Å². The Hall–Kier alpha value is -1.09. The van der Waals surface area contributed by atoms with Gasteiger partial charge in [0.25, 0.3) is 0 Å². The van der Waals surface area contributed by atoms with E-state index in [9.17, 15) is 4.79 Å². The van der Waals surface area contributed by atoms with Gasteiger partial charge < -0.3 is 5.32 Å². The van der Waals surface area contributed by atoms with E-state index in [0.29, 0.717) is 5.54 Å². The molecule has 0 aliphatic heterocycles. The van der Waals surface area contributed by atoms with Gasteiger partial charge in [-0.2, -0.15) is 0 Å². The molecule has 3 atom stereocenters. The van der Waals surface area contributed by atoms with Gasteiger partial charge >= 0.3 is 0 Å². The van der Waals surface area contributed by atoms with Crippen LogP contribution in [0.2, 0.25) is 25.2 Å². The molecule has 1 aromatic carbocycles. The van der Waals surface area contributed by atoms with Crippen LogP contribution >= 0.6 is 0 Å². The van der Waals surface area contributed by atoms with Crippen LogP contribution in [0.5, 0.6) is 0 Å². The van der Waals surface area contributed by atoms with Crippen LogP contribution in [-0.2, 0) is 4.79 Å². The Morgan fingerprint density at radius 3 is 2.05 bits per heavy atom. The van der Waals surface area contributed by atoms with Crippen molar-refractivity contribution < 1.29 is 4.79 Å². The van der Waals surface area contributed by atoms with Crippen molar-refractivity contribution in [3.8, 4) is 0 Å². The Labute approximate surface area is 118 Å². The SMILES string of the molecule is CC(NC(=O)C(C)C(C)[Si](C)(C)C)c1ccccc1. The highest BCUT2D eigenvalue weighted by Gasteiger charge is 2.31. The lowest BCUT2D eigenvalue weighted by Gasteiger charge is -2.30. The van der Waals surface area contributed by atoms with Gasteiger partial charge in [-0.1, -0.05) is 63.8 Å². The lowest BCUT2D eigenvalue weighted by Crippen LogP contribution is -2.39. The molecule has 0 aliphatic rings. The molecule has 0 spiro atoms. The van der Waals surface area contributed by atoms with Crippen LogP contribution in [-0.4, -0.2) is 14.0 Å². The van der Waals surface area contributed by atoms with Crippen LogP contribution in [0.3, 0.4) is 0 Å². The van der Waals surface area contributed by atoms with E-state index in [0.717, 1.165) is 5.56 Å². The van der Waals surface area contributed by atoms with E-state index in [1.54, 1.807) is 0 Å². The summed E-state index contributed by atoms with van der Waals surface area (Å²) < 4.78 is 0. The minimum absolute atomic E-state index is 0.0741. The lowest BCUT2D eigenvalue weighted by molar-refractivity contribution is -0.125. The fourth-order valence-electron chi connectivity index (χ4n) is 2.15. The Kier molecular flexibility index (Phi) is 5.35. The van der Waals surface area contributed by atoms with E-state index in [-0.39, 0.29) is 17.9 Å². The van der Waals surface area contributed by atoms with Crippen molar-refractivity contribution in [3.63, 3.8) is 0 Å². The van der Waals surface area contributed by atoms with Gasteiger partial charge in [0.05, 0.1) is 6.04 Å². The van der Waals surface area contributed by atoms with Crippen molar-refractivity contribution in [1.29, 1.82) is 0 Å². The van der Waals surface area contributed by atoms with Gasteiger partial charge in [0.1, 0.15) is 0 Å². The van der Waals surface area contributed by atoms with Gasteiger partial charge in [-0.25, -0.2) is 0 Å². The first-order valence-electron chi connectivity index (χ1n) is 7.08. The summed E-state index contributed by atoms with van der Waals surface area (Å²) >= 11 is 0. The van der Waals surface area contributed by atoms with Crippen LogP contribution < -0.4 is 5.32 Å². The topological polar surface area (TPSA) is 29.1 Å². The molecule has 1 N–H and O–H groups in total. The predicted molar refractivity (Wildman–Crippen MR) is 84.9 cm³/mol. The molecule has 0 radical (unpaired) electrons. The number of hydrogen-bond acceptors (Lipinski definition) is 1. The van der Waals surface area contributed by atoms with E-state index in [1.807, 2.05) is 25.1 Å². The first kappa shape index (κ1) is 16.0. The summed E-state index contributed by atoms with van der Waals surface area (Å²) in [5, 5.41) is 3.13. The quantitative estimate of drug-likeness (QED) is 0.802. The molecule has 0 aromatic heterocycles. The third-order valence-corrected chi connectivity index (χ3v) is 7.42. The van der Waals surface area contributed by atoms with Crippen LogP contribution in [0, 0.1) is 5.92 Å². The summed E-state index contributed by atoms with van der Waals surface area (Å²) in [5.41, 5.74) is 1.64. The van der Waals surface area contributed by atoms with Gasteiger partial charge in [-0.3, -0.25) is 4.79 Å². The van der Waals surface area contributed by atoms with Crippen molar-refractivity contribution >= 4 is 14.0 Å². The number of benzene rings is 1. The number of carbonyl (C=O) groups excluding carboxylic acids is 1. The summed E-state index contributed by atoms with van der Waals surface area (Å²) in [6.07, 6.45) is 0. The monoisotopic (exact) mass is 277 g/mol. The van der Waals surface area contributed by atoms with Crippen LogP contribution in [0.1, 0.15) is 32.4 Å². The van der Waals surface area contributed by atoms with Gasteiger partial charge in [0.2, 0.25) is 5.91 Å². The van der Waals surface area contributed by atoms with Gasteiger partial charge in [0.15, 0.2) is 0 Å². The van der Waals surface area contributed by atoms with Gasteiger partial charge in [0, 0.05) is 14.0 Å². The molecule has 1 aromatic rings. The van der Waals surface area contributed by atoms with Crippen molar-refractivity contribution in [2.45, 2.75) is 52.0 Å². The Bertz CT molecular complexity index is 411. The molecule has 3 heteroatoms. The number of rotatable bonds is 5. The average molecular weight is 277 g/mol. The van der Waals surface area contributed by atoms with Crippen molar-refractivity contribution in [2.75, 3.05) is 0 Å². The van der Waals surface area contributed by atoms with Crippen molar-refractivity contribution in [3.05, 3.63) is 35.9 Å². The standard InChI is InChI=1S/C16H27NOSi/c1-12(14(3)19(4,5)6)16(18)17-13(2)15-10-8-7-9-11-15/h7-14H,1-6H3,(H,17,18). The number of carbonyl (C=O) groups is 1. The summed E-state index contributed by atoms with van der Waals surface area (Å²) in [7, 11) is -1.28. The number of amides is 1. The van der Waals surface area contributed by atoms with E-state index in [4.69, 9.17) is 0 Å². The first-order chi connectivity index (χ1) is 8.73. The second-order valence-electron chi connectivity index (χ2n) is 6.58. The second-order valence-corrected chi connectivity index (χ2v) is 12.2. The summed E-state index contributed by atoms with van der Waals surface area (Å²) in [6, 6.07) is 10.2. The normalized spacial score (nSPS) is 16.5. The van der Waals surface area contributed by atoms with E-state index >= 15 is 0 Å². The molecule has 0 heterocycles. The highest BCUT2D eigenvalue weighted by molar-refractivity contribution is 6.77. The number of nitrogens with one attached hydrogen (secondary N) is 1. The third-order valence-electron chi connectivity index (χ3n) is 4.19. The largest absolute Gasteiger partial charge is 0.349 e. The zero-order valence-corrected chi connectivity index (χ0v) is 14.0. The smallest absolute Gasteiger partial charge is 0.223 e. The molecule has 1 amide bonds. The molecule has 0 fully saturated rings. The molecule has 19 heavy (non-hydrogen) atoms. The maximum absolute atomic E-state index is 12.3. The molecule has 0 aliphatic carbocycles. The molecule has 1 rings (SSSR count). The van der Waals surface area contributed by atoms with Gasteiger partial charge in [-0.05, 0) is 18.0 Å². The zero-order valence-electron chi connectivity index (χ0n) is 13.0. The molecule has 0 bridgehead atoms. The fourth-order valence-corrected chi connectivity index (χ4v) is 3.80. The first-order valence-corrected chi connectivity index (χ1v) is 10.7. The summed E-state index contributed by atoms with van der Waals surface area (Å²) in [6.45, 7) is 13.3. The van der Waals surface area contributed by atoms with E-state index < -0.39 is 8.07 Å². The summed E-state index contributed by atoms with van der Waals surface area (Å²) in [5.74, 6) is 0.254. The molecular formula is C16H27NOSi. The maximum Gasteiger partial charge on any atom is 0.223 e. The van der Waals surface area contributed by atoms with Crippen LogP contribution in [0.4, 0.5) is 0 Å². The molecule has 0 saturated carbocycles. The maximum atomic E-state index is 12.3. The Balaban J connectivity index is 2.65. The number of hydrogen-bond donors (Lipinski definition) is 1. The van der Waals surface area contributed by atoms with E-state index in [2.05, 4.69) is 50.9 Å². The minimum Gasteiger partial charge on any atom is -0.349 e. The predicted octanol–water partition coefficient (Wildman–Crippen LogP) is 4.23. The van der Waals surface area contributed by atoms with Crippen LogP contribution in [0.15, 0.2) is 30.3 Å². The second kappa shape index (κ2) is 6.37. The third kappa shape index (κ3) is 4.50. The molecule has 106 valence electrons. The highest BCUT2D eigenvalue weighted by Crippen LogP contribution is 2.29. The highest BCUT2D eigenvalue weighted by atomic mass is 28.3. The van der Waals surface area contributed by atoms with E-state index in [1.165, 1.54) is 0 Å². The molecule has 3 unspecified atom stereocenters. The molecular weight excluding hydrogens is 250 g/mol. The zero-order chi connectivity index (χ0) is 14.6. The summed E-state index contributed by atoms with van der Waals surface area (Å²) in [4.78, 5) is 12.3.